The molecule has 2 aliphatic rings. The molecule has 1 unspecified atom stereocenters. The lowest BCUT2D eigenvalue weighted by atomic mass is 10.1. The van der Waals surface area contributed by atoms with Gasteiger partial charge in [-0.05, 0) is 59.8 Å². The third kappa shape index (κ3) is 4.99. The third-order valence-electron chi connectivity index (χ3n) is 6.56. The minimum atomic E-state index is -4.56. The predicted molar refractivity (Wildman–Crippen MR) is 134 cm³/mol. The fourth-order valence-corrected chi connectivity index (χ4v) is 5.73. The van der Waals surface area contributed by atoms with Crippen molar-refractivity contribution >= 4 is 51.5 Å². The number of likely N-dealkylation sites (tertiary alicyclic amines) is 1. The summed E-state index contributed by atoms with van der Waals surface area (Å²) < 4.78 is 56.4. The number of benzene rings is 2. The van der Waals surface area contributed by atoms with Crippen molar-refractivity contribution in [2.24, 2.45) is 0 Å². The number of carbonyl (C=O) groups excluding carboxylic acids is 2. The molecule has 0 spiro atoms. The topological polar surface area (TPSA) is 58.4 Å². The molecule has 3 heterocycles. The first-order chi connectivity index (χ1) is 17.5. The summed E-state index contributed by atoms with van der Waals surface area (Å²) in [5.41, 5.74) is 0.410. The molecule has 2 atom stereocenters. The lowest BCUT2D eigenvalue weighted by molar-refractivity contribution is -0.138. The standard InChI is InChI=1S/C25H21ClF4N4O2S/c1-2-32-12-19(27)21(13-32)34-23(35)22(37-24(34)36)8-14-3-6-20-16(7-14)10-31-33(20)11-15-4-5-17(26)9-18(15)25(28,29)30/h3-10,19,21H,2,11-13H2,1H3/b22-8-/t19-,21?/m0/s1. The first-order valence-corrected chi connectivity index (χ1v) is 12.7. The van der Waals surface area contributed by atoms with Gasteiger partial charge in [0.05, 0.1) is 34.8 Å². The Morgan fingerprint density at radius 3 is 2.65 bits per heavy atom. The van der Waals surface area contributed by atoms with Gasteiger partial charge in [0.15, 0.2) is 0 Å². The SMILES string of the molecule is CCN1CC(N2C(=O)S/C(=C\c3ccc4c(cnn4Cc4ccc(Cl)cc4C(F)(F)F)c3)C2=O)[C@@H](F)C1. The van der Waals surface area contributed by atoms with Crippen LogP contribution in [0.25, 0.3) is 17.0 Å². The smallest absolute Gasteiger partial charge is 0.298 e. The molecule has 2 amide bonds. The maximum Gasteiger partial charge on any atom is 0.416 e. The molecule has 0 radical (unpaired) electrons. The van der Waals surface area contributed by atoms with E-state index in [2.05, 4.69) is 5.10 Å². The van der Waals surface area contributed by atoms with Gasteiger partial charge >= 0.3 is 6.18 Å². The highest BCUT2D eigenvalue weighted by molar-refractivity contribution is 8.18. The molecule has 6 nitrogen and oxygen atoms in total. The van der Waals surface area contributed by atoms with Crippen LogP contribution in [-0.4, -0.2) is 62.6 Å². The molecule has 194 valence electrons. The minimum absolute atomic E-state index is 0.00638. The second-order valence-corrected chi connectivity index (χ2v) is 10.3. The quantitative estimate of drug-likeness (QED) is 0.294. The Labute approximate surface area is 218 Å². The number of rotatable bonds is 5. The first kappa shape index (κ1) is 25.7. The van der Waals surface area contributed by atoms with Gasteiger partial charge in [0.2, 0.25) is 0 Å². The summed E-state index contributed by atoms with van der Waals surface area (Å²) in [7, 11) is 0. The van der Waals surface area contributed by atoms with E-state index in [1.165, 1.54) is 23.0 Å². The van der Waals surface area contributed by atoms with Gasteiger partial charge in [0.1, 0.15) is 6.17 Å². The van der Waals surface area contributed by atoms with Crippen molar-refractivity contribution in [3.8, 4) is 0 Å². The van der Waals surface area contributed by atoms with Crippen LogP contribution < -0.4 is 0 Å². The van der Waals surface area contributed by atoms with Crippen LogP contribution in [-0.2, 0) is 17.5 Å². The molecule has 3 aromatic rings. The van der Waals surface area contributed by atoms with Crippen molar-refractivity contribution in [3.63, 3.8) is 0 Å². The van der Waals surface area contributed by atoms with Gasteiger partial charge in [0, 0.05) is 23.5 Å². The number of hydrogen-bond acceptors (Lipinski definition) is 5. The summed E-state index contributed by atoms with van der Waals surface area (Å²) >= 11 is 6.54. The number of imide groups is 1. The highest BCUT2D eigenvalue weighted by atomic mass is 35.5. The average molecular weight is 553 g/mol. The van der Waals surface area contributed by atoms with Crippen LogP contribution in [0.2, 0.25) is 5.02 Å². The maximum atomic E-state index is 14.5. The zero-order chi connectivity index (χ0) is 26.5. The number of alkyl halides is 4. The summed E-state index contributed by atoms with van der Waals surface area (Å²) in [4.78, 5) is 28.6. The molecule has 12 heteroatoms. The molecule has 0 bridgehead atoms. The van der Waals surface area contributed by atoms with Gasteiger partial charge in [0.25, 0.3) is 11.1 Å². The van der Waals surface area contributed by atoms with Crippen molar-refractivity contribution in [1.29, 1.82) is 0 Å². The third-order valence-corrected chi connectivity index (χ3v) is 7.68. The Kier molecular flexibility index (Phi) is 6.80. The van der Waals surface area contributed by atoms with E-state index in [-0.39, 0.29) is 28.6 Å². The Morgan fingerprint density at radius 1 is 1.16 bits per heavy atom. The minimum Gasteiger partial charge on any atom is -0.298 e. The molecular weight excluding hydrogens is 532 g/mol. The Balaban J connectivity index is 1.39. The molecule has 2 aromatic carbocycles. The second-order valence-electron chi connectivity index (χ2n) is 8.91. The Bertz CT molecular complexity index is 1420. The lowest BCUT2D eigenvalue weighted by Gasteiger charge is -2.22. The van der Waals surface area contributed by atoms with Crippen LogP contribution in [0.15, 0.2) is 47.5 Å². The van der Waals surface area contributed by atoms with E-state index >= 15 is 0 Å². The summed E-state index contributed by atoms with van der Waals surface area (Å²) in [5.74, 6) is -0.529. The highest BCUT2D eigenvalue weighted by Gasteiger charge is 2.46. The Morgan fingerprint density at radius 2 is 1.95 bits per heavy atom. The molecular formula is C25H21ClF4N4O2S. The van der Waals surface area contributed by atoms with Crippen LogP contribution in [0, 0.1) is 0 Å². The van der Waals surface area contributed by atoms with E-state index < -0.39 is 35.1 Å². The van der Waals surface area contributed by atoms with Crippen molar-refractivity contribution in [3.05, 3.63) is 69.2 Å². The van der Waals surface area contributed by atoms with E-state index in [9.17, 15) is 27.2 Å². The zero-order valence-electron chi connectivity index (χ0n) is 19.5. The van der Waals surface area contributed by atoms with Gasteiger partial charge in [-0.1, -0.05) is 30.7 Å². The van der Waals surface area contributed by atoms with Crippen molar-refractivity contribution in [2.75, 3.05) is 19.6 Å². The molecule has 0 N–H and O–H groups in total. The van der Waals surface area contributed by atoms with Crippen LogP contribution in [0.1, 0.15) is 23.6 Å². The van der Waals surface area contributed by atoms with Crippen molar-refractivity contribution < 1.29 is 27.2 Å². The number of hydrogen-bond donors (Lipinski definition) is 0. The first-order valence-electron chi connectivity index (χ1n) is 11.5. The van der Waals surface area contributed by atoms with E-state index in [1.807, 2.05) is 11.8 Å². The number of aromatic nitrogens is 2. The Hall–Kier alpha value is -2.89. The predicted octanol–water partition coefficient (Wildman–Crippen LogP) is 5.84. The van der Waals surface area contributed by atoms with Gasteiger partial charge in [-0.25, -0.2) is 4.39 Å². The van der Waals surface area contributed by atoms with Gasteiger partial charge < -0.3 is 0 Å². The summed E-state index contributed by atoms with van der Waals surface area (Å²) in [6.07, 6.45) is -2.78. The van der Waals surface area contributed by atoms with Crippen LogP contribution in [0.4, 0.5) is 22.4 Å². The number of halogens is 5. The molecule has 2 fully saturated rings. The maximum absolute atomic E-state index is 14.5. The van der Waals surface area contributed by atoms with E-state index in [1.54, 1.807) is 24.3 Å². The van der Waals surface area contributed by atoms with Crippen molar-refractivity contribution in [1.82, 2.24) is 19.6 Å². The molecule has 2 saturated heterocycles. The van der Waals surface area contributed by atoms with Gasteiger partial charge in [-0.15, -0.1) is 0 Å². The van der Waals surface area contributed by atoms with Gasteiger partial charge in [-0.2, -0.15) is 18.3 Å². The molecule has 2 aliphatic heterocycles. The number of fused-ring (bicyclic) bond motifs is 1. The zero-order valence-corrected chi connectivity index (χ0v) is 21.1. The molecule has 37 heavy (non-hydrogen) atoms. The molecule has 0 aliphatic carbocycles. The van der Waals surface area contributed by atoms with Gasteiger partial charge in [-0.3, -0.25) is 24.1 Å². The second kappa shape index (κ2) is 9.77. The molecule has 5 rings (SSSR count). The number of likely N-dealkylation sites (N-methyl/N-ethyl adjacent to an activating group) is 1. The van der Waals surface area contributed by atoms with E-state index in [0.29, 0.717) is 29.6 Å². The number of thioether (sulfide) groups is 1. The number of amides is 2. The summed E-state index contributed by atoms with van der Waals surface area (Å²) in [6, 6.07) is 7.92. The summed E-state index contributed by atoms with van der Waals surface area (Å²) in [5, 5.41) is 4.38. The number of nitrogens with zero attached hydrogens (tertiary/aromatic N) is 4. The van der Waals surface area contributed by atoms with Crippen LogP contribution in [0.3, 0.4) is 0 Å². The molecule has 0 saturated carbocycles. The number of carbonyl (C=O) groups is 2. The monoisotopic (exact) mass is 552 g/mol. The molecule has 1 aromatic heterocycles. The van der Waals surface area contributed by atoms with Crippen molar-refractivity contribution in [2.45, 2.75) is 31.9 Å². The largest absolute Gasteiger partial charge is 0.416 e. The average Bonchev–Trinajstić information content (AvgIpc) is 3.49. The van der Waals surface area contributed by atoms with Crippen LogP contribution in [0.5, 0.6) is 0 Å². The fraction of sp³-hybridized carbons (Fsp3) is 0.320. The lowest BCUT2D eigenvalue weighted by Crippen LogP contribution is -2.44. The van der Waals surface area contributed by atoms with E-state index in [0.717, 1.165) is 22.7 Å². The van der Waals surface area contributed by atoms with E-state index in [4.69, 9.17) is 11.6 Å². The highest BCUT2D eigenvalue weighted by Crippen LogP contribution is 2.37. The summed E-state index contributed by atoms with van der Waals surface area (Å²) in [6.45, 7) is 2.90. The fourth-order valence-electron chi connectivity index (χ4n) is 4.67. The normalized spacial score (nSPS) is 22.2. The van der Waals surface area contributed by atoms with Crippen LogP contribution >= 0.6 is 23.4 Å².